The van der Waals surface area contributed by atoms with Gasteiger partial charge in [0.05, 0.1) is 10.9 Å². The minimum atomic E-state index is -0.220. The molecule has 5 rings (SSSR count). The summed E-state index contributed by atoms with van der Waals surface area (Å²) < 4.78 is 13.2. The fourth-order valence-electron chi connectivity index (χ4n) is 2.95. The molecule has 1 aromatic heterocycles. The normalized spacial score (nSPS) is 15.6. The number of phenolic OH excluding ortho intramolecular Hbond substituents is 2. The fourth-order valence-corrected chi connectivity index (χ4v) is 5.13. The molecule has 0 radical (unpaired) electrons. The van der Waals surface area contributed by atoms with E-state index in [1.165, 1.54) is 35.2 Å². The molecule has 3 heterocycles. The molecule has 2 aromatic carbocycles. The van der Waals surface area contributed by atoms with Crippen LogP contribution in [0.2, 0.25) is 0 Å². The van der Waals surface area contributed by atoms with E-state index < -0.39 is 0 Å². The summed E-state index contributed by atoms with van der Waals surface area (Å²) in [5.41, 5.74) is 2.19. The van der Waals surface area contributed by atoms with Crippen molar-refractivity contribution in [1.82, 2.24) is 0 Å². The second kappa shape index (κ2) is 7.05. The van der Waals surface area contributed by atoms with Gasteiger partial charge in [0.1, 0.15) is 4.91 Å². The minimum absolute atomic E-state index is 0. The third-order valence-corrected chi connectivity index (χ3v) is 6.41. The SMILES string of the molecule is Cl.O=C1/C(=C/c2ccc3c(c2)OCO3)Sc2scc(-c3ccc(O)c(O)c3)[n+]21. The van der Waals surface area contributed by atoms with E-state index in [-0.39, 0.29) is 36.6 Å². The number of benzene rings is 2. The van der Waals surface area contributed by atoms with Crippen LogP contribution in [0.3, 0.4) is 0 Å². The van der Waals surface area contributed by atoms with Crippen molar-refractivity contribution in [3.05, 3.63) is 52.2 Å². The van der Waals surface area contributed by atoms with E-state index in [2.05, 4.69) is 0 Å². The van der Waals surface area contributed by atoms with Crippen molar-refractivity contribution in [2.24, 2.45) is 0 Å². The van der Waals surface area contributed by atoms with Gasteiger partial charge >= 0.3 is 10.2 Å². The zero-order valence-electron chi connectivity index (χ0n) is 14.1. The van der Waals surface area contributed by atoms with Gasteiger partial charge < -0.3 is 19.7 Å². The lowest BCUT2D eigenvalue weighted by Crippen LogP contribution is -2.40. The number of phenols is 2. The highest BCUT2D eigenvalue weighted by Crippen LogP contribution is 2.40. The molecule has 2 aliphatic heterocycles. The van der Waals surface area contributed by atoms with Crippen molar-refractivity contribution in [3.63, 3.8) is 0 Å². The number of carbonyl (C=O) groups is 1. The van der Waals surface area contributed by atoms with Crippen LogP contribution in [0.1, 0.15) is 10.4 Å². The number of aromatic nitrogens is 1. The van der Waals surface area contributed by atoms with Gasteiger partial charge in [0.2, 0.25) is 12.5 Å². The Morgan fingerprint density at radius 1 is 1.04 bits per heavy atom. The monoisotopic (exact) mass is 434 g/mol. The summed E-state index contributed by atoms with van der Waals surface area (Å²) in [7, 11) is 0. The first-order chi connectivity index (χ1) is 13.1. The molecule has 3 aromatic rings. The second-order valence-corrected chi connectivity index (χ2v) is 8.10. The van der Waals surface area contributed by atoms with Gasteiger partial charge in [-0.1, -0.05) is 17.4 Å². The maximum Gasteiger partial charge on any atom is 0.433 e. The molecule has 0 amide bonds. The Balaban J connectivity index is 0.00000192. The second-order valence-electron chi connectivity index (χ2n) is 5.95. The molecular weight excluding hydrogens is 422 g/mol. The average Bonchev–Trinajstić information content (AvgIpc) is 3.35. The molecule has 0 atom stereocenters. The van der Waals surface area contributed by atoms with Gasteiger partial charge in [0, 0.05) is 11.8 Å². The number of aromatic hydroxyl groups is 2. The Labute approximate surface area is 174 Å². The first kappa shape index (κ1) is 18.7. The van der Waals surface area contributed by atoms with E-state index in [1.807, 2.05) is 29.7 Å². The standard InChI is InChI=1S/C19H11NO5S2.ClH/c21-13-3-2-11(7-14(13)22)12-8-26-19-20(12)18(23)17(27-19)6-10-1-4-15-16(5-10)25-9-24-15;/h1-8H,9H2,(H-,21,22);1H/p+1/b17-6-;. The number of carbonyl (C=O) groups excluding carboxylic acids is 1. The summed E-state index contributed by atoms with van der Waals surface area (Å²) >= 11 is 2.86. The molecule has 28 heavy (non-hydrogen) atoms. The van der Waals surface area contributed by atoms with Crippen LogP contribution >= 0.6 is 35.5 Å². The highest BCUT2D eigenvalue weighted by atomic mass is 35.5. The van der Waals surface area contributed by atoms with Crippen LogP contribution in [0.15, 0.2) is 51.0 Å². The van der Waals surface area contributed by atoms with Crippen molar-refractivity contribution in [1.29, 1.82) is 0 Å². The number of hydrogen-bond acceptors (Lipinski definition) is 7. The molecule has 0 spiro atoms. The zero-order valence-corrected chi connectivity index (χ0v) is 16.6. The first-order valence-electron chi connectivity index (χ1n) is 8.00. The molecule has 9 heteroatoms. The Morgan fingerprint density at radius 3 is 2.68 bits per heavy atom. The largest absolute Gasteiger partial charge is 0.504 e. The summed E-state index contributed by atoms with van der Waals surface area (Å²) in [6.07, 6.45) is 1.83. The van der Waals surface area contributed by atoms with Gasteiger partial charge in [0.15, 0.2) is 23.0 Å². The number of ether oxygens (including phenoxy) is 2. The molecular formula is C19H13ClNO5S2+. The van der Waals surface area contributed by atoms with Crippen LogP contribution < -0.4 is 14.0 Å². The lowest BCUT2D eigenvalue weighted by Gasteiger charge is -1.99. The predicted octanol–water partition coefficient (Wildman–Crippen LogP) is 4.05. The van der Waals surface area contributed by atoms with Gasteiger partial charge in [-0.15, -0.1) is 17.0 Å². The Bertz CT molecular complexity index is 1140. The molecule has 0 saturated carbocycles. The minimum Gasteiger partial charge on any atom is -0.504 e. The number of fused-ring (bicyclic) bond motifs is 2. The molecule has 0 aliphatic carbocycles. The van der Waals surface area contributed by atoms with Crippen molar-refractivity contribution in [2.75, 3.05) is 6.79 Å². The van der Waals surface area contributed by atoms with E-state index >= 15 is 0 Å². The van der Waals surface area contributed by atoms with Crippen molar-refractivity contribution >= 4 is 47.5 Å². The third kappa shape index (κ3) is 2.99. The number of thioether (sulfide) groups is 1. The highest BCUT2D eigenvalue weighted by Gasteiger charge is 2.41. The predicted molar refractivity (Wildman–Crippen MR) is 108 cm³/mol. The van der Waals surface area contributed by atoms with Gasteiger partial charge in [-0.05, 0) is 42.0 Å². The first-order valence-corrected chi connectivity index (χ1v) is 9.69. The maximum atomic E-state index is 13.0. The summed E-state index contributed by atoms with van der Waals surface area (Å²) in [5.74, 6) is 0.825. The lowest BCUT2D eigenvalue weighted by atomic mass is 10.1. The molecule has 0 unspecified atom stereocenters. The van der Waals surface area contributed by atoms with Crippen LogP contribution in [-0.4, -0.2) is 22.9 Å². The van der Waals surface area contributed by atoms with E-state index in [4.69, 9.17) is 9.47 Å². The number of rotatable bonds is 2. The molecule has 0 saturated heterocycles. The van der Waals surface area contributed by atoms with Crippen LogP contribution in [-0.2, 0) is 0 Å². The molecule has 142 valence electrons. The van der Waals surface area contributed by atoms with E-state index in [0.717, 1.165) is 9.90 Å². The Hall–Kier alpha value is -2.68. The fraction of sp³-hybridized carbons (Fsp3) is 0.0526. The highest BCUT2D eigenvalue weighted by molar-refractivity contribution is 8.05. The molecule has 0 bridgehead atoms. The summed E-state index contributed by atoms with van der Waals surface area (Å²) in [6, 6.07) is 10.1. The van der Waals surface area contributed by atoms with Crippen molar-refractivity contribution in [2.45, 2.75) is 4.34 Å². The quantitative estimate of drug-likeness (QED) is 0.360. The van der Waals surface area contributed by atoms with Crippen molar-refractivity contribution < 1.29 is 29.0 Å². The number of allylic oxidation sites excluding steroid dienone is 1. The van der Waals surface area contributed by atoms with E-state index in [9.17, 15) is 15.0 Å². The van der Waals surface area contributed by atoms with Crippen LogP contribution in [0.5, 0.6) is 23.0 Å². The smallest absolute Gasteiger partial charge is 0.433 e. The molecule has 2 N–H and O–H groups in total. The van der Waals surface area contributed by atoms with Crippen molar-refractivity contribution in [3.8, 4) is 34.3 Å². The van der Waals surface area contributed by atoms with Gasteiger partial charge in [-0.3, -0.25) is 0 Å². The maximum absolute atomic E-state index is 13.0. The summed E-state index contributed by atoms with van der Waals surface area (Å²) in [6.45, 7) is 0.207. The number of hydrogen-bond donors (Lipinski definition) is 2. The van der Waals surface area contributed by atoms with Gasteiger partial charge in [-0.2, -0.15) is 0 Å². The average molecular weight is 435 g/mol. The topological polar surface area (TPSA) is 79.9 Å². The number of thiazole rings is 1. The van der Waals surface area contributed by atoms with Crippen LogP contribution in [0.25, 0.3) is 17.3 Å². The van der Waals surface area contributed by atoms with Gasteiger partial charge in [0.25, 0.3) is 0 Å². The van der Waals surface area contributed by atoms with E-state index in [0.29, 0.717) is 27.7 Å². The van der Waals surface area contributed by atoms with Crippen LogP contribution in [0.4, 0.5) is 0 Å². The molecule has 2 aliphatic rings. The van der Waals surface area contributed by atoms with Crippen LogP contribution in [0, 0.1) is 0 Å². The molecule has 0 fully saturated rings. The van der Waals surface area contributed by atoms with Gasteiger partial charge in [-0.25, -0.2) is 4.79 Å². The summed E-state index contributed by atoms with van der Waals surface area (Å²) in [4.78, 5) is 13.6. The Kier molecular flexibility index (Phi) is 4.70. The molecule has 6 nitrogen and oxygen atoms in total. The Morgan fingerprint density at radius 2 is 1.86 bits per heavy atom. The third-order valence-electron chi connectivity index (χ3n) is 4.27. The number of halogens is 1. The lowest BCUT2D eigenvalue weighted by molar-refractivity contribution is -0.588. The summed E-state index contributed by atoms with van der Waals surface area (Å²) in [5, 5.41) is 21.1. The zero-order chi connectivity index (χ0) is 18.5. The number of nitrogens with zero attached hydrogens (tertiary/aromatic N) is 1. The van der Waals surface area contributed by atoms with E-state index in [1.54, 1.807) is 10.6 Å².